The van der Waals surface area contributed by atoms with Crippen molar-refractivity contribution in [2.75, 3.05) is 17.2 Å². The number of anilines is 2. The fraction of sp³-hybridized carbons (Fsp3) is 0.394. The second-order valence-corrected chi connectivity index (χ2v) is 11.8. The van der Waals surface area contributed by atoms with Crippen molar-refractivity contribution in [3.63, 3.8) is 0 Å². The van der Waals surface area contributed by atoms with Gasteiger partial charge in [-0.25, -0.2) is 8.78 Å². The first kappa shape index (κ1) is 33.2. The molecule has 2 aliphatic rings. The monoisotopic (exact) mass is 653 g/mol. The molecule has 0 spiro atoms. The summed E-state index contributed by atoms with van der Waals surface area (Å²) in [6.07, 6.45) is -6.48. The van der Waals surface area contributed by atoms with Crippen LogP contribution in [-0.4, -0.2) is 35.5 Å². The van der Waals surface area contributed by atoms with Crippen molar-refractivity contribution in [3.05, 3.63) is 94.6 Å². The van der Waals surface area contributed by atoms with Crippen molar-refractivity contribution in [1.82, 2.24) is 4.90 Å². The summed E-state index contributed by atoms with van der Waals surface area (Å²) in [5, 5.41) is 5.66. The van der Waals surface area contributed by atoms with E-state index in [9.17, 15) is 44.7 Å². The Labute approximate surface area is 260 Å². The van der Waals surface area contributed by atoms with Crippen molar-refractivity contribution in [1.29, 1.82) is 0 Å². The lowest BCUT2D eigenvalue weighted by Gasteiger charge is -2.45. The zero-order chi connectivity index (χ0) is 33.4. The molecule has 0 radical (unpaired) electrons. The Hall–Kier alpha value is -4.16. The lowest BCUT2D eigenvalue weighted by Crippen LogP contribution is -2.52. The van der Waals surface area contributed by atoms with Crippen molar-refractivity contribution in [3.8, 4) is 0 Å². The first-order valence-electron chi connectivity index (χ1n) is 14.8. The number of halogens is 8. The Bertz CT molecular complexity index is 1560. The molecule has 2 fully saturated rings. The number of nitrogens with one attached hydrogen (secondary N) is 2. The van der Waals surface area contributed by atoms with Gasteiger partial charge in [0.25, 0.3) is 5.91 Å². The maximum atomic E-state index is 14.8. The van der Waals surface area contributed by atoms with Gasteiger partial charge in [-0.1, -0.05) is 37.1 Å². The van der Waals surface area contributed by atoms with Gasteiger partial charge in [-0.3, -0.25) is 9.59 Å². The second-order valence-electron chi connectivity index (χ2n) is 11.8. The molecule has 1 aliphatic heterocycles. The third kappa shape index (κ3) is 7.13. The van der Waals surface area contributed by atoms with Crippen LogP contribution >= 0.6 is 0 Å². The van der Waals surface area contributed by atoms with E-state index in [1.807, 2.05) is 0 Å². The van der Waals surface area contributed by atoms with E-state index in [1.165, 1.54) is 25.1 Å². The van der Waals surface area contributed by atoms with E-state index >= 15 is 0 Å². The van der Waals surface area contributed by atoms with Crippen LogP contribution in [0.15, 0.2) is 60.7 Å². The lowest BCUT2D eigenvalue weighted by atomic mass is 9.78. The number of carbonyl (C=O) groups excluding carboxylic acids is 2. The Balaban J connectivity index is 1.57. The Morgan fingerprint density at radius 1 is 0.848 bits per heavy atom. The van der Waals surface area contributed by atoms with Gasteiger partial charge in [0.2, 0.25) is 5.91 Å². The standard InChI is InChI=1S/C33H31F8N3O2/c1-18-9-12-23(16-25(18)33(39,40)41)43-30(45)24-15-20(32(36,37)38)17-44(31(46)28-26(34)7-4-8-27(28)35)29(24)19-10-13-22(14-11-19)42-21-5-2-3-6-21/h4,7-14,16,20-21,24,29,42H,2-3,5-6,15,17H2,1H3,(H,43,45)/t20-,24+,29?/m1/s1. The molecular formula is C33H31F8N3O2. The molecule has 5 nitrogen and oxygen atoms in total. The molecule has 3 atom stereocenters. The number of likely N-dealkylation sites (tertiary alicyclic amines) is 1. The molecule has 3 aromatic rings. The molecule has 1 heterocycles. The molecule has 1 unspecified atom stereocenters. The van der Waals surface area contributed by atoms with Crippen LogP contribution in [-0.2, 0) is 11.0 Å². The van der Waals surface area contributed by atoms with Crippen LogP contribution in [0.25, 0.3) is 0 Å². The molecule has 246 valence electrons. The molecule has 1 aliphatic carbocycles. The van der Waals surface area contributed by atoms with E-state index in [-0.39, 0.29) is 22.9 Å². The third-order valence-corrected chi connectivity index (χ3v) is 8.70. The highest BCUT2D eigenvalue weighted by Gasteiger charge is 2.52. The Morgan fingerprint density at radius 3 is 2.04 bits per heavy atom. The number of piperidine rings is 1. The average molecular weight is 654 g/mol. The SMILES string of the molecule is Cc1ccc(NC(=O)[C@H]2C[C@@H](C(F)(F)F)CN(C(=O)c3c(F)cccc3F)C2c2ccc(NC3CCCC3)cc2)cc1C(F)(F)F. The van der Waals surface area contributed by atoms with Crippen molar-refractivity contribution in [2.45, 2.75) is 63.5 Å². The largest absolute Gasteiger partial charge is 0.416 e. The number of hydrogen-bond acceptors (Lipinski definition) is 3. The maximum Gasteiger partial charge on any atom is 0.416 e. The zero-order valence-electron chi connectivity index (χ0n) is 24.6. The summed E-state index contributed by atoms with van der Waals surface area (Å²) in [5.74, 6) is -9.01. The number of aryl methyl sites for hydroxylation is 1. The fourth-order valence-electron chi connectivity index (χ4n) is 6.36. The molecule has 1 saturated carbocycles. The smallest absolute Gasteiger partial charge is 0.382 e. The van der Waals surface area contributed by atoms with Gasteiger partial charge in [0.1, 0.15) is 17.2 Å². The predicted octanol–water partition coefficient (Wildman–Crippen LogP) is 8.67. The summed E-state index contributed by atoms with van der Waals surface area (Å²) < 4.78 is 113. The van der Waals surface area contributed by atoms with Crippen molar-refractivity contribution < 1.29 is 44.7 Å². The molecule has 0 bridgehead atoms. The van der Waals surface area contributed by atoms with Gasteiger partial charge in [-0.05, 0) is 73.7 Å². The van der Waals surface area contributed by atoms with Crippen LogP contribution in [0, 0.1) is 30.4 Å². The van der Waals surface area contributed by atoms with Crippen LogP contribution in [0.2, 0.25) is 0 Å². The quantitative estimate of drug-likeness (QED) is 0.262. The maximum absolute atomic E-state index is 14.8. The first-order chi connectivity index (χ1) is 21.6. The second kappa shape index (κ2) is 12.9. The van der Waals surface area contributed by atoms with E-state index in [0.717, 1.165) is 49.9 Å². The van der Waals surface area contributed by atoms with Gasteiger partial charge in [0, 0.05) is 24.0 Å². The minimum Gasteiger partial charge on any atom is -0.382 e. The van der Waals surface area contributed by atoms with E-state index in [0.29, 0.717) is 16.7 Å². The van der Waals surface area contributed by atoms with E-state index in [1.54, 1.807) is 12.1 Å². The number of benzene rings is 3. The molecule has 0 aromatic heterocycles. The van der Waals surface area contributed by atoms with Crippen LogP contribution in [0.3, 0.4) is 0 Å². The Kier molecular flexibility index (Phi) is 9.33. The van der Waals surface area contributed by atoms with Crippen molar-refractivity contribution in [2.24, 2.45) is 11.8 Å². The van der Waals surface area contributed by atoms with Gasteiger partial charge in [-0.15, -0.1) is 0 Å². The van der Waals surface area contributed by atoms with Gasteiger partial charge in [0.15, 0.2) is 0 Å². The number of amides is 2. The summed E-state index contributed by atoms with van der Waals surface area (Å²) >= 11 is 0. The summed E-state index contributed by atoms with van der Waals surface area (Å²) in [5.41, 5.74) is -1.67. The molecular weight excluding hydrogens is 622 g/mol. The van der Waals surface area contributed by atoms with Crippen LogP contribution in [0.1, 0.15) is 65.2 Å². The van der Waals surface area contributed by atoms with Gasteiger partial charge in [0.05, 0.1) is 23.4 Å². The first-order valence-corrected chi connectivity index (χ1v) is 14.8. The average Bonchev–Trinajstić information content (AvgIpc) is 3.50. The summed E-state index contributed by atoms with van der Waals surface area (Å²) in [6.45, 7) is 0.214. The third-order valence-electron chi connectivity index (χ3n) is 8.70. The molecule has 46 heavy (non-hydrogen) atoms. The number of carbonyl (C=O) groups is 2. The van der Waals surface area contributed by atoms with Crippen LogP contribution < -0.4 is 10.6 Å². The normalized spacial score (nSPS) is 20.9. The number of rotatable bonds is 6. The molecule has 1 saturated heterocycles. The van der Waals surface area contributed by atoms with Crippen LogP contribution in [0.5, 0.6) is 0 Å². The zero-order valence-corrected chi connectivity index (χ0v) is 24.6. The highest BCUT2D eigenvalue weighted by atomic mass is 19.4. The van der Waals surface area contributed by atoms with Gasteiger partial charge >= 0.3 is 12.4 Å². The van der Waals surface area contributed by atoms with Gasteiger partial charge in [-0.2, -0.15) is 26.3 Å². The van der Waals surface area contributed by atoms with Crippen LogP contribution in [0.4, 0.5) is 46.5 Å². The molecule has 5 rings (SSSR count). The highest BCUT2D eigenvalue weighted by Crippen LogP contribution is 2.45. The van der Waals surface area contributed by atoms with E-state index < -0.39 is 77.8 Å². The lowest BCUT2D eigenvalue weighted by molar-refractivity contribution is -0.193. The van der Waals surface area contributed by atoms with E-state index in [2.05, 4.69) is 10.6 Å². The van der Waals surface area contributed by atoms with Gasteiger partial charge < -0.3 is 15.5 Å². The van der Waals surface area contributed by atoms with E-state index in [4.69, 9.17) is 0 Å². The topological polar surface area (TPSA) is 61.4 Å². The molecule has 13 heteroatoms. The fourth-order valence-corrected chi connectivity index (χ4v) is 6.36. The molecule has 3 aromatic carbocycles. The minimum absolute atomic E-state index is 0.131. The molecule has 2 amide bonds. The highest BCUT2D eigenvalue weighted by molar-refractivity contribution is 5.97. The Morgan fingerprint density at radius 2 is 1.46 bits per heavy atom. The predicted molar refractivity (Wildman–Crippen MR) is 155 cm³/mol. The summed E-state index contributed by atoms with van der Waals surface area (Å²) in [7, 11) is 0. The number of nitrogens with zero attached hydrogens (tertiary/aromatic N) is 1. The minimum atomic E-state index is -4.92. The van der Waals surface area contributed by atoms with Crippen molar-refractivity contribution >= 4 is 23.2 Å². The number of hydrogen-bond donors (Lipinski definition) is 2. The summed E-state index contributed by atoms with van der Waals surface area (Å²) in [4.78, 5) is 28.1. The number of alkyl halides is 6. The molecule has 2 N–H and O–H groups in total. The summed E-state index contributed by atoms with van der Waals surface area (Å²) in [6, 6.07) is 10.6.